The third kappa shape index (κ3) is 8.35. The standard InChI is InChI=1S/C36H40F3N3O3S/c1-26-33(44-23-28-13-7-3-8-14-28)34(45-24-29-15-9-4-10-16-29)31(43-22-27-11-5-2-6-12-27)21-42(26)20-30-17-18-41(19-30)35-40-32(25-46-35)36(37,38)39/h2-16,25-26,30-31,33-34H,17-24H2,1H3/t26-,30-,31+,33-,34-/m1/s1. The summed E-state index contributed by atoms with van der Waals surface area (Å²) >= 11 is 1.06. The number of nitrogens with zero attached hydrogens (tertiary/aromatic N) is 3. The predicted octanol–water partition coefficient (Wildman–Crippen LogP) is 7.45. The second-order valence-corrected chi connectivity index (χ2v) is 13.0. The van der Waals surface area contributed by atoms with Gasteiger partial charge in [-0.15, -0.1) is 11.3 Å². The Morgan fingerprint density at radius 1 is 0.761 bits per heavy atom. The Hall–Kier alpha value is -3.28. The number of rotatable bonds is 12. The van der Waals surface area contributed by atoms with Crippen LogP contribution in [0.15, 0.2) is 96.4 Å². The van der Waals surface area contributed by atoms with Crippen LogP contribution in [-0.2, 0) is 40.2 Å². The number of piperidine rings is 1. The number of alkyl halides is 3. The molecule has 2 fully saturated rings. The van der Waals surface area contributed by atoms with E-state index >= 15 is 0 Å². The van der Waals surface area contributed by atoms with Gasteiger partial charge in [0.15, 0.2) is 10.8 Å². The van der Waals surface area contributed by atoms with Gasteiger partial charge in [0.25, 0.3) is 0 Å². The van der Waals surface area contributed by atoms with Crippen LogP contribution in [0, 0.1) is 5.92 Å². The summed E-state index contributed by atoms with van der Waals surface area (Å²) in [5.41, 5.74) is 2.44. The lowest BCUT2D eigenvalue weighted by atomic mass is 9.92. The van der Waals surface area contributed by atoms with Crippen LogP contribution in [0.5, 0.6) is 0 Å². The van der Waals surface area contributed by atoms with Crippen molar-refractivity contribution >= 4 is 16.5 Å². The van der Waals surface area contributed by atoms with Gasteiger partial charge < -0.3 is 19.1 Å². The summed E-state index contributed by atoms with van der Waals surface area (Å²) in [6.07, 6.45) is -4.39. The Bertz CT molecular complexity index is 1490. The number of hydrogen-bond acceptors (Lipinski definition) is 7. The van der Waals surface area contributed by atoms with Crippen LogP contribution in [0.1, 0.15) is 35.7 Å². The van der Waals surface area contributed by atoms with Crippen molar-refractivity contribution in [2.75, 3.05) is 31.1 Å². The zero-order chi connectivity index (χ0) is 31.9. The van der Waals surface area contributed by atoms with Gasteiger partial charge in [0.2, 0.25) is 0 Å². The fourth-order valence-corrected chi connectivity index (χ4v) is 7.23. The van der Waals surface area contributed by atoms with Crippen LogP contribution >= 0.6 is 11.3 Å². The van der Waals surface area contributed by atoms with Gasteiger partial charge in [0.05, 0.1) is 25.9 Å². The van der Waals surface area contributed by atoms with Gasteiger partial charge in [-0.05, 0) is 36.0 Å². The molecule has 4 aromatic rings. The zero-order valence-corrected chi connectivity index (χ0v) is 26.7. The van der Waals surface area contributed by atoms with Gasteiger partial charge in [-0.1, -0.05) is 91.0 Å². The number of ether oxygens (including phenoxy) is 3. The lowest BCUT2D eigenvalue weighted by Crippen LogP contribution is -2.63. The Kier molecular flexibility index (Phi) is 10.7. The van der Waals surface area contributed by atoms with E-state index in [1.807, 2.05) is 59.5 Å². The summed E-state index contributed by atoms with van der Waals surface area (Å²) in [7, 11) is 0. The van der Waals surface area contributed by atoms with Gasteiger partial charge >= 0.3 is 6.18 Å². The molecule has 6 rings (SSSR count). The fraction of sp³-hybridized carbons (Fsp3) is 0.417. The Labute approximate surface area is 272 Å². The molecule has 3 heterocycles. The molecule has 0 saturated carbocycles. The molecule has 0 unspecified atom stereocenters. The van der Waals surface area contributed by atoms with E-state index in [2.05, 4.69) is 53.2 Å². The van der Waals surface area contributed by atoms with Crippen LogP contribution < -0.4 is 4.90 Å². The molecule has 2 aliphatic rings. The summed E-state index contributed by atoms with van der Waals surface area (Å²) in [4.78, 5) is 8.30. The second kappa shape index (κ2) is 15.1. The quantitative estimate of drug-likeness (QED) is 0.159. The summed E-state index contributed by atoms with van der Waals surface area (Å²) < 4.78 is 59.6. The zero-order valence-electron chi connectivity index (χ0n) is 25.9. The van der Waals surface area contributed by atoms with Gasteiger partial charge in [0.1, 0.15) is 12.2 Å². The van der Waals surface area contributed by atoms with Gasteiger partial charge in [-0.2, -0.15) is 13.2 Å². The largest absolute Gasteiger partial charge is 0.434 e. The summed E-state index contributed by atoms with van der Waals surface area (Å²) in [6.45, 7) is 6.30. The van der Waals surface area contributed by atoms with Gasteiger partial charge in [-0.25, -0.2) is 4.98 Å². The molecule has 0 amide bonds. The third-order valence-corrected chi connectivity index (χ3v) is 9.77. The molecule has 10 heteroatoms. The van der Waals surface area contributed by atoms with E-state index in [1.54, 1.807) is 0 Å². The van der Waals surface area contributed by atoms with E-state index in [-0.39, 0.29) is 30.3 Å². The second-order valence-electron chi connectivity index (χ2n) is 12.2. The fourth-order valence-electron chi connectivity index (χ4n) is 6.36. The minimum Gasteiger partial charge on any atom is -0.369 e. The van der Waals surface area contributed by atoms with Crippen LogP contribution in [0.2, 0.25) is 0 Å². The maximum atomic E-state index is 13.2. The first-order valence-electron chi connectivity index (χ1n) is 15.8. The molecule has 3 aromatic carbocycles. The van der Waals surface area contributed by atoms with Crippen LogP contribution in [-0.4, -0.2) is 60.4 Å². The normalized spacial score (nSPS) is 24.0. The van der Waals surface area contributed by atoms with E-state index in [4.69, 9.17) is 14.2 Å². The molecular formula is C36H40F3N3O3S. The van der Waals surface area contributed by atoms with Gasteiger partial charge in [0, 0.05) is 37.6 Å². The van der Waals surface area contributed by atoms with Crippen LogP contribution in [0.25, 0.3) is 0 Å². The van der Waals surface area contributed by atoms with Crippen molar-refractivity contribution in [2.24, 2.45) is 5.92 Å². The monoisotopic (exact) mass is 651 g/mol. The van der Waals surface area contributed by atoms with Crippen LogP contribution in [0.4, 0.5) is 18.3 Å². The average Bonchev–Trinajstić information content (AvgIpc) is 3.76. The first kappa shape index (κ1) is 32.7. The number of aromatic nitrogens is 1. The molecule has 46 heavy (non-hydrogen) atoms. The van der Waals surface area contributed by atoms with Crippen LogP contribution in [0.3, 0.4) is 0 Å². The number of halogens is 3. The molecule has 0 aliphatic carbocycles. The highest BCUT2D eigenvalue weighted by Crippen LogP contribution is 2.36. The van der Waals surface area contributed by atoms with Crippen molar-refractivity contribution in [2.45, 2.75) is 63.7 Å². The summed E-state index contributed by atoms with van der Waals surface area (Å²) in [5.74, 6) is 0.270. The van der Waals surface area contributed by atoms with Crippen molar-refractivity contribution < 1.29 is 27.4 Å². The molecule has 0 spiro atoms. The Morgan fingerprint density at radius 2 is 1.30 bits per heavy atom. The molecule has 0 radical (unpaired) electrons. The van der Waals surface area contributed by atoms with Crippen molar-refractivity contribution in [3.63, 3.8) is 0 Å². The number of likely N-dealkylation sites (tertiary alicyclic amines) is 1. The topological polar surface area (TPSA) is 47.1 Å². The molecule has 2 saturated heterocycles. The number of thiazole rings is 1. The Balaban J connectivity index is 1.20. The van der Waals surface area contributed by atoms with E-state index in [0.29, 0.717) is 44.6 Å². The van der Waals surface area contributed by atoms with Crippen molar-refractivity contribution in [1.29, 1.82) is 0 Å². The van der Waals surface area contributed by atoms with E-state index in [9.17, 15) is 13.2 Å². The Morgan fingerprint density at radius 3 is 1.85 bits per heavy atom. The van der Waals surface area contributed by atoms with E-state index in [1.165, 1.54) is 0 Å². The molecule has 5 atom stereocenters. The first-order valence-corrected chi connectivity index (χ1v) is 16.7. The lowest BCUT2D eigenvalue weighted by Gasteiger charge is -2.48. The maximum Gasteiger partial charge on any atom is 0.434 e. The lowest BCUT2D eigenvalue weighted by molar-refractivity contribution is -0.201. The number of benzene rings is 3. The summed E-state index contributed by atoms with van der Waals surface area (Å²) in [6, 6.07) is 30.4. The average molecular weight is 652 g/mol. The molecule has 244 valence electrons. The smallest absolute Gasteiger partial charge is 0.369 e. The minimum atomic E-state index is -4.43. The molecule has 6 nitrogen and oxygen atoms in total. The maximum absolute atomic E-state index is 13.2. The molecule has 0 N–H and O–H groups in total. The van der Waals surface area contributed by atoms with Gasteiger partial charge in [-0.3, -0.25) is 4.90 Å². The van der Waals surface area contributed by atoms with Crippen molar-refractivity contribution in [3.8, 4) is 0 Å². The highest BCUT2D eigenvalue weighted by Gasteiger charge is 2.45. The molecule has 1 aromatic heterocycles. The van der Waals surface area contributed by atoms with E-state index < -0.39 is 11.9 Å². The van der Waals surface area contributed by atoms with E-state index in [0.717, 1.165) is 46.4 Å². The SMILES string of the molecule is C[C@@H]1[C@@H](OCc2ccccc2)[C@H](OCc2ccccc2)[C@@H](OCc2ccccc2)CN1C[C@@H]1CCN(c2nc(C(F)(F)F)cs2)C1. The molecular weight excluding hydrogens is 611 g/mol. The third-order valence-electron chi connectivity index (χ3n) is 8.87. The first-order chi connectivity index (χ1) is 22.3. The number of hydrogen-bond donors (Lipinski definition) is 0. The minimum absolute atomic E-state index is 0.0202. The summed E-state index contributed by atoms with van der Waals surface area (Å²) in [5, 5.41) is 1.54. The highest BCUT2D eigenvalue weighted by atomic mass is 32.1. The molecule has 0 bridgehead atoms. The van der Waals surface area contributed by atoms with Crippen molar-refractivity contribution in [1.82, 2.24) is 9.88 Å². The highest BCUT2D eigenvalue weighted by molar-refractivity contribution is 7.13. The number of anilines is 1. The van der Waals surface area contributed by atoms with Crippen molar-refractivity contribution in [3.05, 3.63) is 119 Å². The predicted molar refractivity (Wildman–Crippen MR) is 174 cm³/mol. The molecule has 2 aliphatic heterocycles.